The van der Waals surface area contributed by atoms with E-state index in [-0.39, 0.29) is 30.5 Å². The van der Waals surface area contributed by atoms with Crippen LogP contribution in [-0.2, 0) is 25.7 Å². The molecule has 2 saturated heterocycles. The molecule has 0 aromatic carbocycles. The zero-order valence-electron chi connectivity index (χ0n) is 16.9. The molecule has 11 heteroatoms. The summed E-state index contributed by atoms with van der Waals surface area (Å²) >= 11 is 0. The molecule has 5 N–H and O–H groups in total. The molecule has 29 heavy (non-hydrogen) atoms. The summed E-state index contributed by atoms with van der Waals surface area (Å²) in [6.07, 6.45) is 3.83. The largest absolute Gasteiger partial charge is 0.483 e. The van der Waals surface area contributed by atoms with Gasteiger partial charge in [0.25, 0.3) is 12.9 Å². The minimum absolute atomic E-state index is 0.127. The average Bonchev–Trinajstić information content (AvgIpc) is 3.09. The summed E-state index contributed by atoms with van der Waals surface area (Å²) in [5.74, 6) is 0.764. The van der Waals surface area contributed by atoms with Gasteiger partial charge in [-0.1, -0.05) is 0 Å². The molecule has 1 unspecified atom stereocenters. The highest BCUT2D eigenvalue weighted by molar-refractivity contribution is 5.79. The molecule has 1 aromatic rings. The molecule has 2 fully saturated rings. The maximum Gasteiger partial charge on any atom is 0.290 e. The second-order valence-electron chi connectivity index (χ2n) is 7.08. The van der Waals surface area contributed by atoms with Gasteiger partial charge in [0.15, 0.2) is 0 Å². The van der Waals surface area contributed by atoms with Gasteiger partial charge in [-0.05, 0) is 26.7 Å². The molecule has 3 heterocycles. The summed E-state index contributed by atoms with van der Waals surface area (Å²) in [6, 6.07) is -0.222. The summed E-state index contributed by atoms with van der Waals surface area (Å²) in [5.41, 5.74) is 6.42. The van der Waals surface area contributed by atoms with Crippen LogP contribution in [0, 0.1) is 6.92 Å². The number of aryl methyl sites for hydroxylation is 1. The molecule has 1 amide bonds. The minimum atomic E-state index is -0.257. The number of ether oxygens (including phenoxy) is 1. The molecule has 2 aliphatic heterocycles. The zero-order valence-corrected chi connectivity index (χ0v) is 16.9. The molecular weight excluding hydrogens is 382 g/mol. The first-order chi connectivity index (χ1) is 13.8. The van der Waals surface area contributed by atoms with Crippen LogP contribution in [0.1, 0.15) is 31.3 Å². The van der Waals surface area contributed by atoms with Crippen molar-refractivity contribution in [2.45, 2.75) is 44.9 Å². The first-order valence-electron chi connectivity index (χ1n) is 9.36. The van der Waals surface area contributed by atoms with Crippen LogP contribution in [0.5, 0.6) is 0 Å². The number of primary amides is 1. The van der Waals surface area contributed by atoms with E-state index in [0.717, 1.165) is 57.1 Å². The Kier molecular flexibility index (Phi) is 10.3. The number of hydrogen-bond acceptors (Lipinski definition) is 7. The fraction of sp³-hybridized carbons (Fsp3) is 0.667. The SMILES string of the molecule is Cc1cnc(CN2CCC3(CC2)CN(C(C)C(N)=O)CCO3)[nH]1.O=CO.O=CO. The minimum Gasteiger partial charge on any atom is -0.483 e. The van der Waals surface area contributed by atoms with Gasteiger partial charge in [-0.3, -0.25) is 24.2 Å². The van der Waals surface area contributed by atoms with Crippen molar-refractivity contribution < 1.29 is 29.3 Å². The number of carbonyl (C=O) groups is 3. The lowest BCUT2D eigenvalue weighted by Crippen LogP contribution is -2.60. The Balaban J connectivity index is 0.000000626. The zero-order chi connectivity index (χ0) is 21.9. The van der Waals surface area contributed by atoms with E-state index in [1.165, 1.54) is 0 Å². The van der Waals surface area contributed by atoms with Crippen molar-refractivity contribution in [1.82, 2.24) is 19.8 Å². The molecule has 1 aromatic heterocycles. The predicted molar refractivity (Wildman–Crippen MR) is 104 cm³/mol. The Morgan fingerprint density at radius 3 is 2.41 bits per heavy atom. The van der Waals surface area contributed by atoms with Gasteiger partial charge in [-0.2, -0.15) is 0 Å². The molecule has 3 rings (SSSR count). The van der Waals surface area contributed by atoms with Gasteiger partial charge in [0.1, 0.15) is 5.82 Å². The van der Waals surface area contributed by atoms with Crippen LogP contribution in [-0.4, -0.2) is 93.3 Å². The lowest BCUT2D eigenvalue weighted by Gasteiger charge is -2.48. The number of aromatic amines is 1. The van der Waals surface area contributed by atoms with Gasteiger partial charge < -0.3 is 25.7 Å². The molecule has 0 bridgehead atoms. The van der Waals surface area contributed by atoms with E-state index in [9.17, 15) is 4.79 Å². The van der Waals surface area contributed by atoms with Gasteiger partial charge in [0.05, 0.1) is 24.8 Å². The number of piperidine rings is 1. The number of imidazole rings is 1. The second kappa shape index (κ2) is 12.1. The van der Waals surface area contributed by atoms with Gasteiger partial charge in [0.2, 0.25) is 5.91 Å². The fourth-order valence-corrected chi connectivity index (χ4v) is 3.56. The number of carbonyl (C=O) groups excluding carboxylic acids is 1. The number of H-pyrrole nitrogens is 1. The standard InChI is InChI=1S/C16H27N5O2.2CH2O2/c1-12-9-18-14(19-12)10-20-5-3-16(4-6-20)11-21(7-8-23-16)13(2)15(17)22;2*2-1-3/h9,13H,3-8,10-11H2,1-2H3,(H2,17,22)(H,18,19);2*1H,(H,2,3). The van der Waals surface area contributed by atoms with Crippen LogP contribution in [0.3, 0.4) is 0 Å². The topological polar surface area (TPSA) is 162 Å². The monoisotopic (exact) mass is 413 g/mol. The van der Waals surface area contributed by atoms with Crippen LogP contribution in [0.4, 0.5) is 0 Å². The average molecular weight is 413 g/mol. The van der Waals surface area contributed by atoms with Crippen molar-refractivity contribution in [1.29, 1.82) is 0 Å². The number of nitrogens with one attached hydrogen (secondary N) is 1. The number of carboxylic acid groups (broad SMARTS) is 2. The van der Waals surface area contributed by atoms with Gasteiger partial charge in [0, 0.05) is 38.1 Å². The lowest BCUT2D eigenvalue weighted by atomic mass is 9.88. The predicted octanol–water partition coefficient (Wildman–Crippen LogP) is -0.340. The van der Waals surface area contributed by atoms with Gasteiger partial charge in [-0.15, -0.1) is 0 Å². The Hall–Kier alpha value is -2.50. The van der Waals surface area contributed by atoms with Crippen LogP contribution < -0.4 is 5.73 Å². The fourth-order valence-electron chi connectivity index (χ4n) is 3.56. The quantitative estimate of drug-likeness (QED) is 0.484. The number of nitrogens with two attached hydrogens (primary N) is 1. The van der Waals surface area contributed by atoms with E-state index in [1.54, 1.807) is 0 Å². The second-order valence-corrected chi connectivity index (χ2v) is 7.08. The Bertz CT molecular complexity index is 638. The number of nitrogens with zero attached hydrogens (tertiary/aromatic N) is 3. The number of aromatic nitrogens is 2. The van der Waals surface area contributed by atoms with Crippen molar-refractivity contribution in [3.05, 3.63) is 17.7 Å². The molecule has 2 aliphatic rings. The lowest BCUT2D eigenvalue weighted by molar-refractivity contribution is -0.150. The molecule has 1 spiro atoms. The summed E-state index contributed by atoms with van der Waals surface area (Å²) in [5, 5.41) is 13.8. The van der Waals surface area contributed by atoms with Crippen LogP contribution in [0.15, 0.2) is 6.20 Å². The van der Waals surface area contributed by atoms with E-state index < -0.39 is 0 Å². The number of hydrogen-bond donors (Lipinski definition) is 4. The molecule has 0 aliphatic carbocycles. The molecule has 0 saturated carbocycles. The Morgan fingerprint density at radius 2 is 1.93 bits per heavy atom. The maximum absolute atomic E-state index is 11.4. The third-order valence-corrected chi connectivity index (χ3v) is 5.13. The van der Waals surface area contributed by atoms with E-state index >= 15 is 0 Å². The van der Waals surface area contributed by atoms with Gasteiger partial charge in [-0.25, -0.2) is 4.98 Å². The summed E-state index contributed by atoms with van der Waals surface area (Å²) < 4.78 is 6.13. The highest BCUT2D eigenvalue weighted by atomic mass is 16.5. The first kappa shape index (κ1) is 24.5. The van der Waals surface area contributed by atoms with E-state index in [1.807, 2.05) is 20.0 Å². The normalized spacial score (nSPS) is 19.8. The van der Waals surface area contributed by atoms with Crippen LogP contribution in [0.25, 0.3) is 0 Å². The molecule has 0 radical (unpaired) electrons. The Morgan fingerprint density at radius 1 is 1.34 bits per heavy atom. The number of morpholine rings is 1. The van der Waals surface area contributed by atoms with Gasteiger partial charge >= 0.3 is 0 Å². The number of rotatable bonds is 4. The van der Waals surface area contributed by atoms with E-state index in [0.29, 0.717) is 6.61 Å². The molecule has 1 atom stereocenters. The van der Waals surface area contributed by atoms with Crippen molar-refractivity contribution in [3.8, 4) is 0 Å². The highest BCUT2D eigenvalue weighted by Gasteiger charge is 2.41. The van der Waals surface area contributed by atoms with Crippen molar-refractivity contribution >= 4 is 18.9 Å². The molecule has 11 nitrogen and oxygen atoms in total. The third kappa shape index (κ3) is 7.80. The Labute approximate surface area is 169 Å². The van der Waals surface area contributed by atoms with Crippen molar-refractivity contribution in [2.75, 3.05) is 32.8 Å². The number of likely N-dealkylation sites (tertiary alicyclic amines) is 1. The summed E-state index contributed by atoms with van der Waals surface area (Å²) in [4.78, 5) is 40.4. The summed E-state index contributed by atoms with van der Waals surface area (Å²) in [7, 11) is 0. The maximum atomic E-state index is 11.4. The van der Waals surface area contributed by atoms with Crippen molar-refractivity contribution in [2.24, 2.45) is 5.73 Å². The van der Waals surface area contributed by atoms with E-state index in [4.69, 9.17) is 30.3 Å². The number of amides is 1. The molecule has 164 valence electrons. The summed E-state index contributed by atoms with van der Waals surface area (Å²) in [6.45, 7) is 8.48. The third-order valence-electron chi connectivity index (χ3n) is 5.13. The molecular formula is C18H31N5O6. The first-order valence-corrected chi connectivity index (χ1v) is 9.36. The van der Waals surface area contributed by atoms with Crippen LogP contribution >= 0.6 is 0 Å². The van der Waals surface area contributed by atoms with E-state index in [2.05, 4.69) is 19.8 Å². The van der Waals surface area contributed by atoms with Crippen LogP contribution in [0.2, 0.25) is 0 Å². The van der Waals surface area contributed by atoms with Crippen molar-refractivity contribution in [3.63, 3.8) is 0 Å². The smallest absolute Gasteiger partial charge is 0.290 e. The highest BCUT2D eigenvalue weighted by Crippen LogP contribution is 2.31.